The molecule has 0 unspecified atom stereocenters. The summed E-state index contributed by atoms with van der Waals surface area (Å²) < 4.78 is 0. The van der Waals surface area contributed by atoms with Gasteiger partial charge in [0.05, 0.1) is 0 Å². The average Bonchev–Trinajstić information content (AvgIpc) is 2.09. The lowest BCUT2D eigenvalue weighted by atomic mass is 10.3. The number of carbonyl (C=O) groups excluding carboxylic acids is 1. The van der Waals surface area contributed by atoms with Crippen molar-refractivity contribution in [2.45, 2.75) is 0 Å². The summed E-state index contributed by atoms with van der Waals surface area (Å²) in [6.07, 6.45) is 0. The number of rotatable bonds is 1. The van der Waals surface area contributed by atoms with Crippen LogP contribution >= 0.6 is 0 Å². The van der Waals surface area contributed by atoms with Crippen LogP contribution in [-0.4, -0.2) is 13.1 Å². The molecule has 0 spiro atoms. The molecule has 0 bridgehead atoms. The first kappa shape index (κ1) is 8.39. The molecule has 0 aliphatic heterocycles. The van der Waals surface area contributed by atoms with Crippen molar-refractivity contribution in [3.8, 4) is 5.75 Å². The van der Waals surface area contributed by atoms with E-state index in [1.165, 1.54) is 19.2 Å². The highest BCUT2D eigenvalue weighted by atomic mass is 16.3. The molecule has 64 valence electrons. The molecule has 2 amide bonds. The molecule has 1 aromatic carbocycles. The lowest BCUT2D eigenvalue weighted by Gasteiger charge is -2.07. The van der Waals surface area contributed by atoms with Crippen LogP contribution in [0.1, 0.15) is 0 Å². The van der Waals surface area contributed by atoms with E-state index in [4.69, 9.17) is 0 Å². The average molecular weight is 165 g/mol. The summed E-state index contributed by atoms with van der Waals surface area (Å²) in [6.45, 7) is 0. The highest BCUT2D eigenvalue weighted by Gasteiger charge is 1.95. The Kier molecular flexibility index (Phi) is 2.53. The van der Waals surface area contributed by atoms with Crippen molar-refractivity contribution in [1.29, 1.82) is 0 Å². The maximum Gasteiger partial charge on any atom is 0.318 e. The number of hydrogen-bond acceptors (Lipinski definition) is 2. The van der Waals surface area contributed by atoms with Gasteiger partial charge in [-0.2, -0.15) is 0 Å². The second-order valence-electron chi connectivity index (χ2n) is 2.23. The lowest BCUT2D eigenvalue weighted by molar-refractivity contribution is -0.268. The van der Waals surface area contributed by atoms with E-state index in [0.717, 1.165) is 0 Å². The van der Waals surface area contributed by atoms with Gasteiger partial charge in [-0.15, -0.1) is 5.75 Å². The van der Waals surface area contributed by atoms with Crippen LogP contribution in [0.15, 0.2) is 24.3 Å². The Balaban J connectivity index is 2.64. The molecular weight excluding hydrogens is 156 g/mol. The monoisotopic (exact) mass is 165 g/mol. The standard InChI is InChI=1S/C8H10N2O2/c1-9-8(12)10-6-2-4-7(11)5-3-6/h2-5,11H,1H3,(H2,9,10,12)/p-1. The zero-order chi connectivity index (χ0) is 8.97. The molecule has 0 radical (unpaired) electrons. The summed E-state index contributed by atoms with van der Waals surface area (Å²) >= 11 is 0. The molecule has 0 aliphatic rings. The summed E-state index contributed by atoms with van der Waals surface area (Å²) in [7, 11) is 1.53. The topological polar surface area (TPSA) is 64.2 Å². The fraction of sp³-hybridized carbons (Fsp3) is 0.125. The molecule has 0 aliphatic carbocycles. The number of nitrogens with one attached hydrogen (secondary N) is 2. The van der Waals surface area contributed by atoms with Gasteiger partial charge in [0, 0.05) is 12.7 Å². The fourth-order valence-electron chi connectivity index (χ4n) is 0.732. The van der Waals surface area contributed by atoms with Crippen molar-refractivity contribution in [3.63, 3.8) is 0 Å². The van der Waals surface area contributed by atoms with Crippen molar-refractivity contribution in [2.24, 2.45) is 0 Å². The second kappa shape index (κ2) is 3.61. The summed E-state index contributed by atoms with van der Waals surface area (Å²) in [5.74, 6) is -0.0718. The lowest BCUT2D eigenvalue weighted by Crippen LogP contribution is -2.24. The molecule has 0 saturated carbocycles. The predicted octanol–water partition coefficient (Wildman–Crippen LogP) is 0.511. The SMILES string of the molecule is CNC(=O)Nc1ccc([O-])cc1. The van der Waals surface area contributed by atoms with Gasteiger partial charge < -0.3 is 15.7 Å². The van der Waals surface area contributed by atoms with Gasteiger partial charge in [0.25, 0.3) is 0 Å². The van der Waals surface area contributed by atoms with Crippen LogP contribution < -0.4 is 15.7 Å². The van der Waals surface area contributed by atoms with Gasteiger partial charge in [-0.1, -0.05) is 12.1 Å². The van der Waals surface area contributed by atoms with E-state index in [0.29, 0.717) is 5.69 Å². The molecule has 0 fully saturated rings. The maximum absolute atomic E-state index is 10.8. The minimum absolute atomic E-state index is 0.0718. The molecule has 1 aromatic rings. The van der Waals surface area contributed by atoms with Crippen molar-refractivity contribution < 1.29 is 9.90 Å². The van der Waals surface area contributed by atoms with E-state index in [1.807, 2.05) is 0 Å². The summed E-state index contributed by atoms with van der Waals surface area (Å²) in [5.41, 5.74) is 0.606. The molecule has 0 saturated heterocycles. The van der Waals surface area contributed by atoms with E-state index in [2.05, 4.69) is 10.6 Å². The number of urea groups is 1. The molecule has 1 rings (SSSR count). The summed E-state index contributed by atoms with van der Waals surface area (Å²) in [4.78, 5) is 10.8. The zero-order valence-corrected chi connectivity index (χ0v) is 6.63. The molecule has 0 heterocycles. The third kappa shape index (κ3) is 2.16. The van der Waals surface area contributed by atoms with Gasteiger partial charge in [-0.25, -0.2) is 4.79 Å². The molecule has 0 aromatic heterocycles. The molecule has 4 nitrogen and oxygen atoms in total. The maximum atomic E-state index is 10.8. The Hall–Kier alpha value is -1.71. The van der Waals surface area contributed by atoms with Gasteiger partial charge in [-0.3, -0.25) is 0 Å². The number of carbonyl (C=O) groups is 1. The Morgan fingerprint density at radius 1 is 1.33 bits per heavy atom. The van der Waals surface area contributed by atoms with Gasteiger partial charge in [0.15, 0.2) is 0 Å². The first-order chi connectivity index (χ1) is 5.72. The van der Waals surface area contributed by atoms with E-state index in [-0.39, 0.29) is 11.8 Å². The molecule has 12 heavy (non-hydrogen) atoms. The van der Waals surface area contributed by atoms with Crippen molar-refractivity contribution in [2.75, 3.05) is 12.4 Å². The normalized spacial score (nSPS) is 9.08. The zero-order valence-electron chi connectivity index (χ0n) is 6.63. The Bertz CT molecular complexity index is 269. The first-order valence-electron chi connectivity index (χ1n) is 3.48. The van der Waals surface area contributed by atoms with E-state index >= 15 is 0 Å². The molecule has 2 N–H and O–H groups in total. The highest BCUT2D eigenvalue weighted by Crippen LogP contribution is 2.10. The van der Waals surface area contributed by atoms with Crippen LogP contribution in [0.4, 0.5) is 10.5 Å². The predicted molar refractivity (Wildman–Crippen MR) is 44.0 cm³/mol. The van der Waals surface area contributed by atoms with E-state index in [1.54, 1.807) is 12.1 Å². The molecular formula is C8H9N2O2-. The van der Waals surface area contributed by atoms with Crippen LogP contribution in [0, 0.1) is 0 Å². The highest BCUT2D eigenvalue weighted by molar-refractivity contribution is 5.88. The fourth-order valence-corrected chi connectivity index (χ4v) is 0.732. The largest absolute Gasteiger partial charge is 0.872 e. The van der Waals surface area contributed by atoms with Crippen molar-refractivity contribution in [3.05, 3.63) is 24.3 Å². The first-order valence-corrected chi connectivity index (χ1v) is 3.48. The van der Waals surface area contributed by atoms with Crippen LogP contribution in [-0.2, 0) is 0 Å². The van der Waals surface area contributed by atoms with Gasteiger partial charge >= 0.3 is 6.03 Å². The number of benzene rings is 1. The Morgan fingerprint density at radius 3 is 2.42 bits per heavy atom. The summed E-state index contributed by atoms with van der Waals surface area (Å²) in [6, 6.07) is 5.60. The Labute approximate surface area is 70.2 Å². The van der Waals surface area contributed by atoms with Crippen LogP contribution in [0.2, 0.25) is 0 Å². The summed E-state index contributed by atoms with van der Waals surface area (Å²) in [5, 5.41) is 15.6. The smallest absolute Gasteiger partial charge is 0.318 e. The number of anilines is 1. The van der Waals surface area contributed by atoms with Crippen molar-refractivity contribution in [1.82, 2.24) is 5.32 Å². The van der Waals surface area contributed by atoms with Crippen LogP contribution in [0.25, 0.3) is 0 Å². The molecule has 4 heteroatoms. The van der Waals surface area contributed by atoms with Gasteiger partial charge in [0.1, 0.15) is 0 Å². The van der Waals surface area contributed by atoms with Gasteiger partial charge in [0.2, 0.25) is 0 Å². The van der Waals surface area contributed by atoms with Crippen LogP contribution in [0.5, 0.6) is 5.75 Å². The molecule has 0 atom stereocenters. The Morgan fingerprint density at radius 2 is 1.92 bits per heavy atom. The second-order valence-corrected chi connectivity index (χ2v) is 2.23. The third-order valence-corrected chi connectivity index (χ3v) is 1.34. The van der Waals surface area contributed by atoms with Crippen molar-refractivity contribution >= 4 is 11.7 Å². The minimum Gasteiger partial charge on any atom is -0.872 e. The number of hydrogen-bond donors (Lipinski definition) is 2. The van der Waals surface area contributed by atoms with Crippen LogP contribution in [0.3, 0.4) is 0 Å². The minimum atomic E-state index is -0.298. The number of amides is 2. The van der Waals surface area contributed by atoms with E-state index < -0.39 is 0 Å². The van der Waals surface area contributed by atoms with E-state index in [9.17, 15) is 9.90 Å². The quantitative estimate of drug-likeness (QED) is 0.636. The third-order valence-electron chi connectivity index (χ3n) is 1.34. The van der Waals surface area contributed by atoms with Gasteiger partial charge in [-0.05, 0) is 12.1 Å².